The molecule has 1 fully saturated rings. The maximum Gasteiger partial charge on any atom is 0.213 e. The standard InChI is InChI=1S/C22H32N6O/c1-3-14-29-21-8-7-18(15-25-21)16-26-22(23-2)27-19-9-12-28(13-10-19)17-20-6-4-5-11-24-20/h4-8,11,15,19H,3,9-10,12-14,16-17H2,1-2H3,(H2,23,26,27). The number of pyridine rings is 2. The summed E-state index contributed by atoms with van der Waals surface area (Å²) in [6.45, 7) is 6.51. The molecule has 2 aromatic heterocycles. The smallest absolute Gasteiger partial charge is 0.213 e. The topological polar surface area (TPSA) is 74.7 Å². The Kier molecular flexibility index (Phi) is 8.25. The number of rotatable bonds is 8. The van der Waals surface area contributed by atoms with Crippen molar-refractivity contribution >= 4 is 5.96 Å². The molecule has 0 unspecified atom stereocenters. The van der Waals surface area contributed by atoms with Crippen LogP contribution in [0.4, 0.5) is 0 Å². The van der Waals surface area contributed by atoms with Crippen molar-refractivity contribution in [3.8, 4) is 5.88 Å². The van der Waals surface area contributed by atoms with Gasteiger partial charge in [0.1, 0.15) is 0 Å². The van der Waals surface area contributed by atoms with Gasteiger partial charge in [0.25, 0.3) is 0 Å². The van der Waals surface area contributed by atoms with Gasteiger partial charge in [0.15, 0.2) is 5.96 Å². The number of hydrogen-bond acceptors (Lipinski definition) is 5. The van der Waals surface area contributed by atoms with Crippen LogP contribution in [0.25, 0.3) is 0 Å². The second kappa shape index (κ2) is 11.4. The first-order valence-corrected chi connectivity index (χ1v) is 10.4. The van der Waals surface area contributed by atoms with Crippen molar-refractivity contribution in [2.24, 2.45) is 4.99 Å². The molecular weight excluding hydrogens is 364 g/mol. The number of nitrogens with one attached hydrogen (secondary N) is 2. The van der Waals surface area contributed by atoms with Crippen molar-refractivity contribution in [2.75, 3.05) is 26.7 Å². The summed E-state index contributed by atoms with van der Waals surface area (Å²) < 4.78 is 5.53. The van der Waals surface area contributed by atoms with Crippen LogP contribution in [0, 0.1) is 0 Å². The summed E-state index contributed by atoms with van der Waals surface area (Å²) >= 11 is 0. The fourth-order valence-corrected chi connectivity index (χ4v) is 3.34. The van der Waals surface area contributed by atoms with E-state index in [9.17, 15) is 0 Å². The second-order valence-corrected chi connectivity index (χ2v) is 7.29. The van der Waals surface area contributed by atoms with Gasteiger partial charge in [-0.25, -0.2) is 4.98 Å². The summed E-state index contributed by atoms with van der Waals surface area (Å²) in [5, 5.41) is 6.93. The Morgan fingerprint density at radius 3 is 2.72 bits per heavy atom. The first-order chi connectivity index (χ1) is 14.3. The Bertz CT molecular complexity index is 742. The number of piperidine rings is 1. The summed E-state index contributed by atoms with van der Waals surface area (Å²) in [6, 6.07) is 10.5. The third-order valence-corrected chi connectivity index (χ3v) is 4.98. The molecule has 156 valence electrons. The predicted octanol–water partition coefficient (Wildman–Crippen LogP) is 2.60. The van der Waals surface area contributed by atoms with E-state index in [0.29, 0.717) is 25.1 Å². The van der Waals surface area contributed by atoms with E-state index in [1.54, 1.807) is 0 Å². The Morgan fingerprint density at radius 2 is 2.07 bits per heavy atom. The molecule has 0 saturated carbocycles. The van der Waals surface area contributed by atoms with E-state index in [-0.39, 0.29) is 0 Å². The van der Waals surface area contributed by atoms with Gasteiger partial charge in [0.05, 0.1) is 12.3 Å². The average Bonchev–Trinajstić information content (AvgIpc) is 2.78. The molecule has 0 aliphatic carbocycles. The van der Waals surface area contributed by atoms with Crippen LogP contribution in [0.3, 0.4) is 0 Å². The molecule has 29 heavy (non-hydrogen) atoms. The molecule has 1 aliphatic rings. The molecule has 1 aliphatic heterocycles. The number of aliphatic imine (C=N–C) groups is 1. The van der Waals surface area contributed by atoms with Crippen molar-refractivity contribution in [1.29, 1.82) is 0 Å². The van der Waals surface area contributed by atoms with Gasteiger partial charge in [0, 0.05) is 57.7 Å². The first-order valence-electron chi connectivity index (χ1n) is 10.4. The maximum absolute atomic E-state index is 5.53. The lowest BCUT2D eigenvalue weighted by atomic mass is 10.0. The zero-order valence-corrected chi connectivity index (χ0v) is 17.5. The van der Waals surface area contributed by atoms with Gasteiger partial charge in [-0.1, -0.05) is 19.1 Å². The van der Waals surface area contributed by atoms with Crippen LogP contribution >= 0.6 is 0 Å². The molecule has 3 rings (SSSR count). The molecule has 0 radical (unpaired) electrons. The van der Waals surface area contributed by atoms with Gasteiger partial charge < -0.3 is 15.4 Å². The summed E-state index contributed by atoms with van der Waals surface area (Å²) in [7, 11) is 1.81. The highest BCUT2D eigenvalue weighted by Gasteiger charge is 2.20. The van der Waals surface area contributed by atoms with Crippen LogP contribution in [0.2, 0.25) is 0 Å². The fraction of sp³-hybridized carbons (Fsp3) is 0.500. The zero-order valence-electron chi connectivity index (χ0n) is 17.5. The minimum atomic E-state index is 0.434. The van der Waals surface area contributed by atoms with E-state index in [1.807, 2.05) is 43.7 Å². The van der Waals surface area contributed by atoms with Crippen molar-refractivity contribution in [2.45, 2.75) is 45.3 Å². The first kappa shape index (κ1) is 21.0. The molecule has 2 aromatic rings. The highest BCUT2D eigenvalue weighted by atomic mass is 16.5. The molecule has 0 atom stereocenters. The largest absolute Gasteiger partial charge is 0.478 e. The molecule has 0 spiro atoms. The third-order valence-electron chi connectivity index (χ3n) is 4.98. The van der Waals surface area contributed by atoms with Crippen LogP contribution in [-0.4, -0.2) is 53.6 Å². The molecule has 0 amide bonds. The summed E-state index contributed by atoms with van der Waals surface area (Å²) in [6.07, 6.45) is 6.88. The lowest BCUT2D eigenvalue weighted by Gasteiger charge is -2.32. The van der Waals surface area contributed by atoms with Gasteiger partial charge in [-0.05, 0) is 37.0 Å². The van der Waals surface area contributed by atoms with E-state index in [1.165, 1.54) is 0 Å². The molecule has 3 heterocycles. The second-order valence-electron chi connectivity index (χ2n) is 7.29. The zero-order chi connectivity index (χ0) is 20.3. The average molecular weight is 397 g/mol. The Morgan fingerprint density at radius 1 is 1.21 bits per heavy atom. The fourth-order valence-electron chi connectivity index (χ4n) is 3.34. The Hall–Kier alpha value is -2.67. The van der Waals surface area contributed by atoms with Crippen molar-refractivity contribution in [3.63, 3.8) is 0 Å². The van der Waals surface area contributed by atoms with Gasteiger partial charge in [0.2, 0.25) is 5.88 Å². The van der Waals surface area contributed by atoms with Crippen LogP contribution in [0.1, 0.15) is 37.4 Å². The van der Waals surface area contributed by atoms with Crippen LogP contribution in [0.15, 0.2) is 47.7 Å². The Balaban J connectivity index is 1.39. The lowest BCUT2D eigenvalue weighted by molar-refractivity contribution is 0.196. The Labute approximate surface area is 173 Å². The summed E-state index contributed by atoms with van der Waals surface area (Å²) in [5.74, 6) is 1.51. The molecule has 2 N–H and O–H groups in total. The van der Waals surface area contributed by atoms with Gasteiger partial charge in [-0.15, -0.1) is 0 Å². The summed E-state index contributed by atoms with van der Waals surface area (Å²) in [5.41, 5.74) is 2.23. The monoisotopic (exact) mass is 396 g/mol. The van der Waals surface area contributed by atoms with Crippen molar-refractivity contribution < 1.29 is 4.74 Å². The van der Waals surface area contributed by atoms with E-state index in [0.717, 1.165) is 56.1 Å². The van der Waals surface area contributed by atoms with E-state index >= 15 is 0 Å². The highest BCUT2D eigenvalue weighted by molar-refractivity contribution is 5.79. The van der Waals surface area contributed by atoms with Crippen LogP contribution in [-0.2, 0) is 13.1 Å². The number of hydrogen-bond donors (Lipinski definition) is 2. The number of guanidine groups is 1. The SMILES string of the molecule is CCCOc1ccc(CNC(=NC)NC2CCN(Cc3ccccn3)CC2)cn1. The minimum absolute atomic E-state index is 0.434. The quantitative estimate of drug-likeness (QED) is 0.528. The molecular formula is C22H32N6O. The molecule has 1 saturated heterocycles. The highest BCUT2D eigenvalue weighted by Crippen LogP contribution is 2.13. The van der Waals surface area contributed by atoms with E-state index in [4.69, 9.17) is 4.74 Å². The maximum atomic E-state index is 5.53. The lowest BCUT2D eigenvalue weighted by Crippen LogP contribution is -2.48. The molecule has 7 heteroatoms. The van der Waals surface area contributed by atoms with Crippen molar-refractivity contribution in [1.82, 2.24) is 25.5 Å². The molecule has 7 nitrogen and oxygen atoms in total. The molecule has 0 bridgehead atoms. The van der Waals surface area contributed by atoms with Gasteiger partial charge in [-0.2, -0.15) is 0 Å². The van der Waals surface area contributed by atoms with Crippen LogP contribution < -0.4 is 15.4 Å². The molecule has 0 aromatic carbocycles. The number of likely N-dealkylation sites (tertiary alicyclic amines) is 1. The van der Waals surface area contributed by atoms with Gasteiger partial charge in [-0.3, -0.25) is 14.9 Å². The minimum Gasteiger partial charge on any atom is -0.478 e. The number of ether oxygens (including phenoxy) is 1. The summed E-state index contributed by atoms with van der Waals surface area (Å²) in [4.78, 5) is 15.6. The van der Waals surface area contributed by atoms with E-state index < -0.39 is 0 Å². The number of aromatic nitrogens is 2. The number of nitrogens with zero attached hydrogens (tertiary/aromatic N) is 4. The normalized spacial score (nSPS) is 15.9. The van der Waals surface area contributed by atoms with E-state index in [2.05, 4.69) is 43.5 Å². The van der Waals surface area contributed by atoms with Crippen molar-refractivity contribution in [3.05, 3.63) is 54.0 Å². The predicted molar refractivity (Wildman–Crippen MR) is 116 cm³/mol. The van der Waals surface area contributed by atoms with Crippen LogP contribution in [0.5, 0.6) is 5.88 Å². The van der Waals surface area contributed by atoms with Gasteiger partial charge >= 0.3 is 0 Å². The third kappa shape index (κ3) is 7.02.